The normalized spacial score (nSPS) is 11.7. The van der Waals surface area contributed by atoms with Gasteiger partial charge >= 0.3 is 12.1 Å². The van der Waals surface area contributed by atoms with E-state index in [9.17, 15) is 23.1 Å². The van der Waals surface area contributed by atoms with Crippen molar-refractivity contribution in [1.82, 2.24) is 4.90 Å². The zero-order valence-electron chi connectivity index (χ0n) is 26.4. The summed E-state index contributed by atoms with van der Waals surface area (Å²) in [4.78, 5) is 14.3. The number of nitrogens with zero attached hydrogens (tertiary/aromatic N) is 1. The second-order valence-corrected chi connectivity index (χ2v) is 12.0. The first kappa shape index (κ1) is 35.1. The van der Waals surface area contributed by atoms with Gasteiger partial charge in [-0.05, 0) is 85.8 Å². The van der Waals surface area contributed by atoms with E-state index in [-0.39, 0.29) is 30.2 Å². The minimum absolute atomic E-state index is 0.0398. The Labute approximate surface area is 270 Å². The number of rotatable bonds is 13. The summed E-state index contributed by atoms with van der Waals surface area (Å²) in [6.07, 6.45) is -4.59. The van der Waals surface area contributed by atoms with Gasteiger partial charge in [0.2, 0.25) is 5.76 Å². The van der Waals surface area contributed by atoms with Crippen molar-refractivity contribution in [2.75, 3.05) is 19.5 Å². The van der Waals surface area contributed by atoms with Crippen molar-refractivity contribution in [2.24, 2.45) is 0 Å². The molecule has 11 heteroatoms. The Bertz CT molecular complexity index is 1660. The van der Waals surface area contributed by atoms with E-state index in [1.165, 1.54) is 19.2 Å². The number of carbonyl (C=O) groups excluding carboxylic acids is 1. The number of halogens is 4. The van der Waals surface area contributed by atoms with Gasteiger partial charge in [-0.2, -0.15) is 13.2 Å². The standard InChI is InChI=1S/C35H37F4NO5S/c1-6-44-34(42)20-46-32-15-26(13-30(36)29(32)19-41)24-7-8-25(31(14-24)43-5)16-40(17-27-9-10-33(45-27)35(37,38)39)18-28-22(3)11-21(2)12-23(28)4/h7-15,41H,6,16-20H2,1-5H3. The summed E-state index contributed by atoms with van der Waals surface area (Å²) in [5.41, 5.74) is 6.34. The van der Waals surface area contributed by atoms with Crippen LogP contribution in [0.15, 0.2) is 63.9 Å². The number of hydrogen-bond donors (Lipinski definition) is 1. The number of ether oxygens (including phenoxy) is 2. The van der Waals surface area contributed by atoms with Gasteiger partial charge in [-0.15, -0.1) is 11.8 Å². The first-order valence-electron chi connectivity index (χ1n) is 14.7. The zero-order chi connectivity index (χ0) is 33.6. The average Bonchev–Trinajstić information content (AvgIpc) is 3.47. The van der Waals surface area contributed by atoms with Gasteiger partial charge < -0.3 is 19.0 Å². The number of carbonyl (C=O) groups is 1. The average molecular weight is 660 g/mol. The molecule has 0 atom stereocenters. The Hall–Kier alpha value is -3.80. The molecule has 6 nitrogen and oxygen atoms in total. The van der Waals surface area contributed by atoms with Crippen LogP contribution in [0, 0.1) is 26.6 Å². The number of esters is 1. The largest absolute Gasteiger partial charge is 0.496 e. The van der Waals surface area contributed by atoms with Crippen LogP contribution in [0.2, 0.25) is 0 Å². The van der Waals surface area contributed by atoms with Crippen molar-refractivity contribution in [1.29, 1.82) is 0 Å². The Morgan fingerprint density at radius 1 is 0.935 bits per heavy atom. The molecule has 0 amide bonds. The number of alkyl halides is 3. The van der Waals surface area contributed by atoms with Crippen LogP contribution in [-0.2, 0) is 41.9 Å². The lowest BCUT2D eigenvalue weighted by Crippen LogP contribution is -2.23. The van der Waals surface area contributed by atoms with E-state index in [0.29, 0.717) is 34.9 Å². The topological polar surface area (TPSA) is 72.1 Å². The minimum Gasteiger partial charge on any atom is -0.496 e. The predicted molar refractivity (Wildman–Crippen MR) is 169 cm³/mol. The summed E-state index contributed by atoms with van der Waals surface area (Å²) < 4.78 is 70.8. The number of furan rings is 1. The number of thioether (sulfide) groups is 1. The van der Waals surface area contributed by atoms with Gasteiger partial charge in [0.05, 0.1) is 32.6 Å². The lowest BCUT2D eigenvalue weighted by molar-refractivity contribution is -0.153. The van der Waals surface area contributed by atoms with Crippen LogP contribution >= 0.6 is 11.8 Å². The molecule has 0 spiro atoms. The number of benzene rings is 3. The molecule has 0 saturated heterocycles. The molecule has 246 valence electrons. The Balaban J connectivity index is 1.66. The third-order valence-electron chi connectivity index (χ3n) is 7.52. The van der Waals surface area contributed by atoms with Crippen LogP contribution in [0.1, 0.15) is 51.8 Å². The predicted octanol–water partition coefficient (Wildman–Crippen LogP) is 8.39. The molecule has 1 N–H and O–H groups in total. The SMILES string of the molecule is CCOC(=O)CSc1cc(-c2ccc(CN(Cc3ccc(C(F)(F)F)o3)Cc3c(C)cc(C)cc3C)c(OC)c2)cc(F)c1CO. The van der Waals surface area contributed by atoms with E-state index < -0.39 is 30.3 Å². The summed E-state index contributed by atoms with van der Waals surface area (Å²) in [5, 5.41) is 9.78. The van der Waals surface area contributed by atoms with Gasteiger partial charge in [0.15, 0.2) is 0 Å². The third-order valence-corrected chi connectivity index (χ3v) is 8.58. The van der Waals surface area contributed by atoms with Crippen LogP contribution < -0.4 is 4.74 Å². The molecule has 46 heavy (non-hydrogen) atoms. The molecule has 0 aliphatic heterocycles. The minimum atomic E-state index is -4.59. The number of aryl methyl sites for hydroxylation is 3. The summed E-state index contributed by atoms with van der Waals surface area (Å²) in [5.74, 6) is -1.47. The van der Waals surface area contributed by atoms with E-state index in [2.05, 4.69) is 12.1 Å². The zero-order valence-corrected chi connectivity index (χ0v) is 27.2. The molecule has 0 radical (unpaired) electrons. The fraction of sp³-hybridized carbons (Fsp3) is 0.343. The first-order chi connectivity index (χ1) is 21.8. The van der Waals surface area contributed by atoms with Crippen LogP contribution in [0.5, 0.6) is 5.75 Å². The summed E-state index contributed by atoms with van der Waals surface area (Å²) in [6, 6.07) is 14.9. The van der Waals surface area contributed by atoms with E-state index >= 15 is 4.39 Å². The first-order valence-corrected chi connectivity index (χ1v) is 15.6. The summed E-state index contributed by atoms with van der Waals surface area (Å²) in [7, 11) is 1.51. The molecule has 4 aromatic rings. The molecule has 1 aromatic heterocycles. The molecule has 0 fully saturated rings. The maximum atomic E-state index is 15.1. The Morgan fingerprint density at radius 3 is 2.26 bits per heavy atom. The second-order valence-electron chi connectivity index (χ2n) is 11.0. The molecule has 0 bridgehead atoms. The highest BCUT2D eigenvalue weighted by Gasteiger charge is 2.35. The molecule has 0 aliphatic carbocycles. The van der Waals surface area contributed by atoms with Gasteiger partial charge in [0.1, 0.15) is 17.3 Å². The van der Waals surface area contributed by atoms with E-state index in [0.717, 1.165) is 45.6 Å². The molecule has 0 unspecified atom stereocenters. The van der Waals surface area contributed by atoms with Crippen LogP contribution in [0.3, 0.4) is 0 Å². The maximum absolute atomic E-state index is 15.1. The molecular weight excluding hydrogens is 622 g/mol. The van der Waals surface area contributed by atoms with Crippen molar-refractivity contribution in [3.05, 3.63) is 105 Å². The fourth-order valence-electron chi connectivity index (χ4n) is 5.38. The maximum Gasteiger partial charge on any atom is 0.449 e. The summed E-state index contributed by atoms with van der Waals surface area (Å²) >= 11 is 1.08. The summed E-state index contributed by atoms with van der Waals surface area (Å²) in [6.45, 7) is 8.31. The van der Waals surface area contributed by atoms with E-state index in [1.807, 2.05) is 31.7 Å². The van der Waals surface area contributed by atoms with Crippen LogP contribution in [-0.4, -0.2) is 35.4 Å². The van der Waals surface area contributed by atoms with Crippen molar-refractivity contribution in [3.8, 4) is 16.9 Å². The van der Waals surface area contributed by atoms with Crippen LogP contribution in [0.25, 0.3) is 11.1 Å². The molecule has 1 heterocycles. The lowest BCUT2D eigenvalue weighted by Gasteiger charge is -2.25. The number of hydrogen-bond acceptors (Lipinski definition) is 7. The third kappa shape index (κ3) is 8.71. The molecule has 4 rings (SSSR count). The second kappa shape index (κ2) is 15.2. The number of aliphatic hydroxyl groups is 1. The highest BCUT2D eigenvalue weighted by Crippen LogP contribution is 2.35. The Kier molecular flexibility index (Phi) is 11.6. The molecular formula is C35H37F4NO5S. The van der Waals surface area contributed by atoms with Gasteiger partial charge in [-0.3, -0.25) is 9.69 Å². The van der Waals surface area contributed by atoms with Gasteiger partial charge in [-0.1, -0.05) is 29.8 Å². The van der Waals surface area contributed by atoms with Gasteiger partial charge in [-0.25, -0.2) is 4.39 Å². The van der Waals surface area contributed by atoms with Crippen molar-refractivity contribution < 1.29 is 41.4 Å². The van der Waals surface area contributed by atoms with Crippen molar-refractivity contribution >= 4 is 17.7 Å². The number of methoxy groups -OCH3 is 1. The highest BCUT2D eigenvalue weighted by molar-refractivity contribution is 8.00. The number of aliphatic hydroxyl groups excluding tert-OH is 1. The quantitative estimate of drug-likeness (QED) is 0.0878. The molecule has 3 aromatic carbocycles. The monoisotopic (exact) mass is 659 g/mol. The Morgan fingerprint density at radius 2 is 1.65 bits per heavy atom. The van der Waals surface area contributed by atoms with Crippen molar-refractivity contribution in [3.63, 3.8) is 0 Å². The highest BCUT2D eigenvalue weighted by atomic mass is 32.2. The molecule has 0 saturated carbocycles. The fourth-order valence-corrected chi connectivity index (χ4v) is 6.28. The molecule has 0 aliphatic rings. The van der Waals surface area contributed by atoms with Gasteiger partial charge in [0.25, 0.3) is 0 Å². The van der Waals surface area contributed by atoms with Crippen molar-refractivity contribution in [2.45, 2.75) is 65.0 Å². The van der Waals surface area contributed by atoms with Crippen LogP contribution in [0.4, 0.5) is 17.6 Å². The smallest absolute Gasteiger partial charge is 0.449 e. The lowest BCUT2D eigenvalue weighted by atomic mass is 9.98. The van der Waals surface area contributed by atoms with Gasteiger partial charge in [0, 0.05) is 29.1 Å². The van der Waals surface area contributed by atoms with E-state index in [1.54, 1.807) is 25.1 Å². The van der Waals surface area contributed by atoms with E-state index in [4.69, 9.17) is 13.9 Å².